The summed E-state index contributed by atoms with van der Waals surface area (Å²) >= 11 is 0. The van der Waals surface area contributed by atoms with Crippen molar-refractivity contribution in [2.75, 3.05) is 13.1 Å². The number of aliphatic carboxylic acids is 1. The zero-order valence-electron chi connectivity index (χ0n) is 7.94. The summed E-state index contributed by atoms with van der Waals surface area (Å²) in [6.07, 6.45) is 1.54. The molecule has 0 aromatic carbocycles. The third-order valence-electron chi connectivity index (χ3n) is 2.59. The molecule has 1 heterocycles. The number of hydrogen-bond acceptors (Lipinski definition) is 3. The molecule has 1 saturated heterocycles. The first kappa shape index (κ1) is 10.5. The molecule has 0 radical (unpaired) electrons. The van der Waals surface area contributed by atoms with Gasteiger partial charge in [-0.1, -0.05) is 0 Å². The Bertz CT molecular complexity index is 176. The lowest BCUT2D eigenvalue weighted by molar-refractivity contribution is -0.138. The summed E-state index contributed by atoms with van der Waals surface area (Å²) in [6, 6.07) is 0.0880. The van der Waals surface area contributed by atoms with Crippen LogP contribution in [0.2, 0.25) is 0 Å². The Hall–Kier alpha value is -0.610. The number of carboxylic acid groups (broad SMARTS) is 1. The Balaban J connectivity index is 2.31. The number of piperidine rings is 1. The van der Waals surface area contributed by atoms with Crippen molar-refractivity contribution in [2.24, 2.45) is 0 Å². The summed E-state index contributed by atoms with van der Waals surface area (Å²) in [4.78, 5) is 12.6. The molecule has 0 amide bonds. The number of likely N-dealkylation sites (tertiary alicyclic amines) is 1. The van der Waals surface area contributed by atoms with Crippen molar-refractivity contribution >= 4 is 5.97 Å². The van der Waals surface area contributed by atoms with Crippen molar-refractivity contribution in [1.82, 2.24) is 4.90 Å². The van der Waals surface area contributed by atoms with E-state index in [-0.39, 0.29) is 18.6 Å². The Morgan fingerprint density at radius 3 is 2.54 bits per heavy atom. The molecule has 0 bridgehead atoms. The van der Waals surface area contributed by atoms with Gasteiger partial charge in [0.15, 0.2) is 0 Å². The summed E-state index contributed by atoms with van der Waals surface area (Å²) in [6.45, 7) is 3.55. The first-order valence-corrected chi connectivity index (χ1v) is 4.73. The normalized spacial score (nSPS) is 22.9. The lowest BCUT2D eigenvalue weighted by atomic mass is 10.1. The fraction of sp³-hybridized carbons (Fsp3) is 0.889. The lowest BCUT2D eigenvalue weighted by Gasteiger charge is -2.33. The predicted octanol–water partition coefficient (Wildman–Crippen LogP) is 0.306. The van der Waals surface area contributed by atoms with E-state index in [1.807, 2.05) is 6.92 Å². The molecule has 1 atom stereocenters. The van der Waals surface area contributed by atoms with E-state index in [0.29, 0.717) is 0 Å². The average molecular weight is 187 g/mol. The molecule has 0 saturated carbocycles. The Morgan fingerprint density at radius 1 is 1.54 bits per heavy atom. The molecular formula is C9H17NO3. The van der Waals surface area contributed by atoms with Crippen LogP contribution >= 0.6 is 0 Å². The Labute approximate surface area is 78.2 Å². The molecule has 13 heavy (non-hydrogen) atoms. The topological polar surface area (TPSA) is 60.8 Å². The molecule has 0 aliphatic carbocycles. The number of aliphatic hydroxyl groups excluding tert-OH is 1. The van der Waals surface area contributed by atoms with Gasteiger partial charge >= 0.3 is 5.97 Å². The summed E-state index contributed by atoms with van der Waals surface area (Å²) < 4.78 is 0. The maximum absolute atomic E-state index is 10.4. The highest BCUT2D eigenvalue weighted by atomic mass is 16.4. The van der Waals surface area contributed by atoms with Crippen LogP contribution in [-0.2, 0) is 4.79 Å². The van der Waals surface area contributed by atoms with Gasteiger partial charge in [0.25, 0.3) is 0 Å². The SMILES string of the molecule is CC(CC(=O)O)N1CCC(O)CC1. The minimum absolute atomic E-state index is 0.0880. The molecule has 1 aliphatic heterocycles. The number of carbonyl (C=O) groups is 1. The van der Waals surface area contributed by atoms with Crippen LogP contribution < -0.4 is 0 Å². The molecule has 2 N–H and O–H groups in total. The standard InChI is InChI=1S/C9H17NO3/c1-7(6-9(12)13)10-4-2-8(11)3-5-10/h7-8,11H,2-6H2,1H3,(H,12,13). The van der Waals surface area contributed by atoms with Gasteiger partial charge in [0, 0.05) is 19.1 Å². The molecule has 76 valence electrons. The van der Waals surface area contributed by atoms with Crippen molar-refractivity contribution in [3.63, 3.8) is 0 Å². The number of rotatable bonds is 3. The third-order valence-corrected chi connectivity index (χ3v) is 2.59. The smallest absolute Gasteiger partial charge is 0.304 e. The first-order valence-electron chi connectivity index (χ1n) is 4.73. The van der Waals surface area contributed by atoms with Gasteiger partial charge in [-0.2, -0.15) is 0 Å². The molecule has 1 fully saturated rings. The summed E-state index contributed by atoms with van der Waals surface area (Å²) in [5.41, 5.74) is 0. The summed E-state index contributed by atoms with van der Waals surface area (Å²) in [7, 11) is 0. The summed E-state index contributed by atoms with van der Waals surface area (Å²) in [5, 5.41) is 17.8. The van der Waals surface area contributed by atoms with Gasteiger partial charge in [-0.05, 0) is 19.8 Å². The molecule has 1 aliphatic rings. The molecule has 4 heteroatoms. The highest BCUT2D eigenvalue weighted by molar-refractivity contribution is 5.67. The zero-order valence-corrected chi connectivity index (χ0v) is 7.94. The Kier molecular flexibility index (Phi) is 3.69. The quantitative estimate of drug-likeness (QED) is 0.667. The largest absolute Gasteiger partial charge is 0.481 e. The van der Waals surface area contributed by atoms with Crippen molar-refractivity contribution < 1.29 is 15.0 Å². The van der Waals surface area contributed by atoms with Crippen LogP contribution in [0.15, 0.2) is 0 Å². The van der Waals surface area contributed by atoms with E-state index in [4.69, 9.17) is 5.11 Å². The van der Waals surface area contributed by atoms with Gasteiger partial charge in [0.2, 0.25) is 0 Å². The second kappa shape index (κ2) is 4.58. The van der Waals surface area contributed by atoms with Crippen LogP contribution in [0, 0.1) is 0 Å². The number of nitrogens with zero attached hydrogens (tertiary/aromatic N) is 1. The molecule has 0 aromatic heterocycles. The van der Waals surface area contributed by atoms with Gasteiger partial charge in [0.05, 0.1) is 12.5 Å². The van der Waals surface area contributed by atoms with Crippen LogP contribution in [0.5, 0.6) is 0 Å². The predicted molar refractivity (Wildman–Crippen MR) is 48.5 cm³/mol. The van der Waals surface area contributed by atoms with Crippen LogP contribution in [0.4, 0.5) is 0 Å². The monoisotopic (exact) mass is 187 g/mol. The fourth-order valence-electron chi connectivity index (χ4n) is 1.71. The molecule has 4 nitrogen and oxygen atoms in total. The number of hydrogen-bond donors (Lipinski definition) is 2. The van der Waals surface area contributed by atoms with Gasteiger partial charge < -0.3 is 10.2 Å². The molecule has 1 rings (SSSR count). The van der Waals surface area contributed by atoms with Gasteiger partial charge in [-0.25, -0.2) is 0 Å². The molecule has 1 unspecified atom stereocenters. The van der Waals surface area contributed by atoms with E-state index >= 15 is 0 Å². The van der Waals surface area contributed by atoms with Gasteiger partial charge in [-0.15, -0.1) is 0 Å². The van der Waals surface area contributed by atoms with Crippen molar-refractivity contribution in [2.45, 2.75) is 38.3 Å². The maximum atomic E-state index is 10.4. The van der Waals surface area contributed by atoms with E-state index in [2.05, 4.69) is 4.90 Å². The minimum Gasteiger partial charge on any atom is -0.481 e. The second-order valence-corrected chi connectivity index (χ2v) is 3.71. The number of carboxylic acids is 1. The first-order chi connectivity index (χ1) is 6.09. The molecule has 0 aromatic rings. The van der Waals surface area contributed by atoms with E-state index in [0.717, 1.165) is 25.9 Å². The Morgan fingerprint density at radius 2 is 2.08 bits per heavy atom. The fourth-order valence-corrected chi connectivity index (χ4v) is 1.71. The second-order valence-electron chi connectivity index (χ2n) is 3.71. The van der Waals surface area contributed by atoms with Gasteiger partial charge in [-0.3, -0.25) is 9.69 Å². The van der Waals surface area contributed by atoms with Crippen LogP contribution in [0.25, 0.3) is 0 Å². The minimum atomic E-state index is -0.751. The van der Waals surface area contributed by atoms with E-state index in [1.165, 1.54) is 0 Å². The van der Waals surface area contributed by atoms with Crippen molar-refractivity contribution in [3.05, 3.63) is 0 Å². The average Bonchev–Trinajstić information content (AvgIpc) is 2.04. The van der Waals surface area contributed by atoms with Gasteiger partial charge in [0.1, 0.15) is 0 Å². The zero-order chi connectivity index (χ0) is 9.84. The van der Waals surface area contributed by atoms with E-state index < -0.39 is 5.97 Å². The maximum Gasteiger partial charge on any atom is 0.304 e. The third kappa shape index (κ3) is 3.32. The van der Waals surface area contributed by atoms with E-state index in [1.54, 1.807) is 0 Å². The number of aliphatic hydroxyl groups is 1. The van der Waals surface area contributed by atoms with Crippen LogP contribution in [-0.4, -0.2) is 46.3 Å². The summed E-state index contributed by atoms with van der Waals surface area (Å²) in [5.74, 6) is -0.751. The van der Waals surface area contributed by atoms with Crippen LogP contribution in [0.1, 0.15) is 26.2 Å². The van der Waals surface area contributed by atoms with Crippen LogP contribution in [0.3, 0.4) is 0 Å². The van der Waals surface area contributed by atoms with Crippen molar-refractivity contribution in [1.29, 1.82) is 0 Å². The highest BCUT2D eigenvalue weighted by Crippen LogP contribution is 2.14. The molecule has 0 spiro atoms. The van der Waals surface area contributed by atoms with Crippen molar-refractivity contribution in [3.8, 4) is 0 Å². The molecular weight excluding hydrogens is 170 g/mol. The van der Waals surface area contributed by atoms with E-state index in [9.17, 15) is 9.90 Å². The lowest BCUT2D eigenvalue weighted by Crippen LogP contribution is -2.42. The highest BCUT2D eigenvalue weighted by Gasteiger charge is 2.22.